The molecule has 0 saturated carbocycles. The van der Waals surface area contributed by atoms with Crippen LogP contribution >= 0.6 is 11.6 Å². The minimum absolute atomic E-state index is 0.0318. The summed E-state index contributed by atoms with van der Waals surface area (Å²) >= 11 is 5.92. The molecule has 5 heteroatoms. The van der Waals surface area contributed by atoms with Crippen LogP contribution < -0.4 is 10.9 Å². The number of rotatable bonds is 4. The predicted octanol–water partition coefficient (Wildman–Crippen LogP) is 2.48. The second-order valence-electron chi connectivity index (χ2n) is 5.73. The normalized spacial score (nSPS) is 12.5. The topological polar surface area (TPSA) is 51.0 Å². The van der Waals surface area contributed by atoms with Gasteiger partial charge in [-0.15, -0.1) is 0 Å². The van der Waals surface area contributed by atoms with Crippen molar-refractivity contribution in [1.82, 2.24) is 9.38 Å². The van der Waals surface area contributed by atoms with Crippen LogP contribution in [0.3, 0.4) is 0 Å². The van der Waals surface area contributed by atoms with Gasteiger partial charge in [-0.1, -0.05) is 29.8 Å². The second-order valence-corrected chi connectivity index (χ2v) is 6.16. The minimum atomic E-state index is -0.0318. The number of benzene rings is 1. The highest BCUT2D eigenvalue weighted by Gasteiger charge is 2.10. The lowest BCUT2D eigenvalue weighted by molar-refractivity contribution is -0.708. The summed E-state index contributed by atoms with van der Waals surface area (Å²) in [7, 11) is 0. The fourth-order valence-electron chi connectivity index (χ4n) is 2.67. The molecule has 0 aliphatic rings. The lowest BCUT2D eigenvalue weighted by Gasteiger charge is -2.11. The van der Waals surface area contributed by atoms with Gasteiger partial charge in [0.05, 0.1) is 0 Å². The van der Waals surface area contributed by atoms with Crippen molar-refractivity contribution in [2.45, 2.75) is 26.4 Å². The second kappa shape index (κ2) is 6.52. The Morgan fingerprint density at radius 2 is 1.96 bits per heavy atom. The molecule has 0 bridgehead atoms. The van der Waals surface area contributed by atoms with E-state index >= 15 is 0 Å². The van der Waals surface area contributed by atoms with Gasteiger partial charge >= 0.3 is 0 Å². The maximum absolute atomic E-state index is 12.3. The Morgan fingerprint density at radius 1 is 1.22 bits per heavy atom. The van der Waals surface area contributed by atoms with E-state index in [1.807, 2.05) is 49.4 Å². The smallest absolute Gasteiger partial charge is 0.258 e. The number of hydrogen-bond donors (Lipinski definition) is 1. The van der Waals surface area contributed by atoms with Crippen LogP contribution in [0.5, 0.6) is 0 Å². The van der Waals surface area contributed by atoms with Crippen LogP contribution in [0.2, 0.25) is 5.02 Å². The Balaban J connectivity index is 1.79. The average Bonchev–Trinajstić information content (AvgIpc) is 2.53. The number of nitrogens with zero attached hydrogens (tertiary/aromatic N) is 2. The Kier molecular flexibility index (Phi) is 4.46. The molecule has 0 amide bonds. The summed E-state index contributed by atoms with van der Waals surface area (Å²) in [4.78, 5) is 16.9. The monoisotopic (exact) mass is 328 g/mol. The molecule has 2 aromatic heterocycles. The molecular formula is C18H19ClN3O+. The van der Waals surface area contributed by atoms with Crippen LogP contribution in [0.1, 0.15) is 29.9 Å². The molecule has 2 heterocycles. The molecule has 3 rings (SSSR count). The molecule has 118 valence electrons. The van der Waals surface area contributed by atoms with Crippen molar-refractivity contribution in [2.24, 2.45) is 0 Å². The number of halogens is 1. The largest absolute Gasteiger partial charge is 0.335 e. The molecule has 0 unspecified atom stereocenters. The highest BCUT2D eigenvalue weighted by atomic mass is 35.5. The molecule has 0 spiro atoms. The molecule has 0 aliphatic carbocycles. The Bertz CT molecular complexity index is 887. The van der Waals surface area contributed by atoms with Gasteiger partial charge < -0.3 is 5.32 Å². The van der Waals surface area contributed by atoms with E-state index in [1.165, 1.54) is 5.56 Å². The molecule has 4 nitrogen and oxygen atoms in total. The standard InChI is InChI=1S/C18H18ClN3O/c1-12-4-3-5-17-21-16(10-18(23)22(12)17)11-20-13(2)14-6-8-15(19)9-7-14/h3-10,13,20H,11H2,1-2H3/p+1/t13-/m1/s1. The lowest BCUT2D eigenvalue weighted by Crippen LogP contribution is -2.83. The number of aryl methyl sites for hydroxylation is 1. The Hall–Kier alpha value is -2.17. The van der Waals surface area contributed by atoms with Gasteiger partial charge in [-0.3, -0.25) is 9.20 Å². The molecule has 1 atom stereocenters. The Morgan fingerprint density at radius 3 is 2.70 bits per heavy atom. The van der Waals surface area contributed by atoms with E-state index in [2.05, 4.69) is 17.2 Å². The zero-order valence-corrected chi connectivity index (χ0v) is 13.9. The van der Waals surface area contributed by atoms with Gasteiger partial charge in [0.15, 0.2) is 0 Å². The van der Waals surface area contributed by atoms with E-state index in [9.17, 15) is 4.79 Å². The van der Waals surface area contributed by atoms with Crippen molar-refractivity contribution in [3.05, 3.63) is 80.9 Å². The van der Waals surface area contributed by atoms with Crippen molar-refractivity contribution < 1.29 is 5.32 Å². The van der Waals surface area contributed by atoms with E-state index < -0.39 is 0 Å². The van der Waals surface area contributed by atoms with Gasteiger partial charge in [0.1, 0.15) is 23.9 Å². The molecule has 3 aromatic rings. The van der Waals surface area contributed by atoms with E-state index in [4.69, 9.17) is 11.6 Å². The summed E-state index contributed by atoms with van der Waals surface area (Å²) in [5, 5.41) is 2.90. The van der Waals surface area contributed by atoms with Gasteiger partial charge in [-0.25, -0.2) is 4.98 Å². The van der Waals surface area contributed by atoms with Crippen LogP contribution in [-0.2, 0) is 6.54 Å². The summed E-state index contributed by atoms with van der Waals surface area (Å²) in [6.45, 7) is 4.69. The van der Waals surface area contributed by atoms with Crippen molar-refractivity contribution in [3.63, 3.8) is 0 Å². The average molecular weight is 329 g/mol. The zero-order valence-electron chi connectivity index (χ0n) is 13.2. The molecule has 2 N–H and O–H groups in total. The SMILES string of the molecule is Cc1cccc2nc(C[NH2+][C@H](C)c3ccc(Cl)cc3)cc(=O)n12. The number of quaternary nitrogens is 1. The van der Waals surface area contributed by atoms with Gasteiger partial charge in [0.25, 0.3) is 5.56 Å². The van der Waals surface area contributed by atoms with E-state index in [-0.39, 0.29) is 11.6 Å². The first-order valence-corrected chi connectivity index (χ1v) is 7.99. The van der Waals surface area contributed by atoms with E-state index in [0.29, 0.717) is 12.2 Å². The number of hydrogen-bond acceptors (Lipinski definition) is 2. The summed E-state index contributed by atoms with van der Waals surface area (Å²) in [5.74, 6) is 0. The predicted molar refractivity (Wildman–Crippen MR) is 91.7 cm³/mol. The third-order valence-corrected chi connectivity index (χ3v) is 4.26. The van der Waals surface area contributed by atoms with Gasteiger partial charge in [0.2, 0.25) is 0 Å². The molecular weight excluding hydrogens is 310 g/mol. The van der Waals surface area contributed by atoms with Crippen molar-refractivity contribution in [3.8, 4) is 0 Å². The van der Waals surface area contributed by atoms with Gasteiger partial charge in [0, 0.05) is 22.3 Å². The maximum Gasteiger partial charge on any atom is 0.258 e. The van der Waals surface area contributed by atoms with E-state index in [0.717, 1.165) is 16.4 Å². The molecule has 0 radical (unpaired) electrons. The summed E-state index contributed by atoms with van der Waals surface area (Å²) in [5.41, 5.74) is 3.55. The van der Waals surface area contributed by atoms with Gasteiger partial charge in [-0.05, 0) is 38.1 Å². The van der Waals surface area contributed by atoms with Crippen LogP contribution in [0.15, 0.2) is 53.3 Å². The first kappa shape index (κ1) is 15.7. The Labute approximate surface area is 139 Å². The first-order chi connectivity index (χ1) is 11.0. The number of fused-ring (bicyclic) bond motifs is 1. The minimum Gasteiger partial charge on any atom is -0.335 e. The van der Waals surface area contributed by atoms with Crippen LogP contribution in [-0.4, -0.2) is 9.38 Å². The number of pyridine rings is 1. The van der Waals surface area contributed by atoms with Crippen molar-refractivity contribution >= 4 is 17.2 Å². The highest BCUT2D eigenvalue weighted by molar-refractivity contribution is 6.30. The maximum atomic E-state index is 12.3. The van der Waals surface area contributed by atoms with Crippen LogP contribution in [0.4, 0.5) is 0 Å². The lowest BCUT2D eigenvalue weighted by atomic mass is 10.1. The van der Waals surface area contributed by atoms with Crippen molar-refractivity contribution in [2.75, 3.05) is 0 Å². The summed E-state index contributed by atoms with van der Waals surface area (Å²) in [6, 6.07) is 15.4. The van der Waals surface area contributed by atoms with Crippen LogP contribution in [0.25, 0.3) is 5.65 Å². The number of aromatic nitrogens is 2. The van der Waals surface area contributed by atoms with Crippen molar-refractivity contribution in [1.29, 1.82) is 0 Å². The molecule has 1 aromatic carbocycles. The quantitative estimate of drug-likeness (QED) is 0.800. The van der Waals surface area contributed by atoms with Crippen LogP contribution in [0, 0.1) is 6.92 Å². The van der Waals surface area contributed by atoms with Gasteiger partial charge in [-0.2, -0.15) is 0 Å². The molecule has 23 heavy (non-hydrogen) atoms. The first-order valence-electron chi connectivity index (χ1n) is 7.62. The summed E-state index contributed by atoms with van der Waals surface area (Å²) < 4.78 is 1.63. The summed E-state index contributed by atoms with van der Waals surface area (Å²) in [6.07, 6.45) is 0. The fraction of sp³-hybridized carbons (Fsp3) is 0.222. The molecule has 0 saturated heterocycles. The molecule has 0 fully saturated rings. The third kappa shape index (κ3) is 3.44. The third-order valence-electron chi connectivity index (χ3n) is 4.01. The van der Waals surface area contributed by atoms with E-state index in [1.54, 1.807) is 10.5 Å². The molecule has 0 aliphatic heterocycles. The number of nitrogens with two attached hydrogens (primary N) is 1. The fourth-order valence-corrected chi connectivity index (χ4v) is 2.79. The zero-order chi connectivity index (χ0) is 16.4. The highest BCUT2D eigenvalue weighted by Crippen LogP contribution is 2.13.